The molecule has 3 rings (SSSR count). The number of nitrogens with zero attached hydrogens (tertiary/aromatic N) is 1. The van der Waals surface area contributed by atoms with Crippen molar-refractivity contribution in [3.8, 4) is 11.1 Å². The van der Waals surface area contributed by atoms with Crippen molar-refractivity contribution in [2.75, 3.05) is 6.61 Å². The van der Waals surface area contributed by atoms with Crippen LogP contribution < -0.4 is 5.56 Å². The molecular formula is C16H15ClN2O2S. The van der Waals surface area contributed by atoms with Crippen LogP contribution in [0.15, 0.2) is 34.4 Å². The van der Waals surface area contributed by atoms with E-state index in [1.807, 2.05) is 36.6 Å². The van der Waals surface area contributed by atoms with Crippen LogP contribution in [-0.4, -0.2) is 16.6 Å². The summed E-state index contributed by atoms with van der Waals surface area (Å²) in [6, 6.07) is 7.49. The van der Waals surface area contributed by atoms with E-state index in [0.29, 0.717) is 34.3 Å². The van der Waals surface area contributed by atoms with Crippen molar-refractivity contribution < 1.29 is 4.74 Å². The average molecular weight is 335 g/mol. The highest BCUT2D eigenvalue weighted by Crippen LogP contribution is 2.34. The lowest BCUT2D eigenvalue weighted by atomic mass is 10.1. The van der Waals surface area contributed by atoms with Gasteiger partial charge in [-0.15, -0.1) is 11.3 Å². The van der Waals surface area contributed by atoms with Gasteiger partial charge in [0.15, 0.2) is 0 Å². The summed E-state index contributed by atoms with van der Waals surface area (Å²) in [5.74, 6) is 0.554. The SMILES string of the molecule is CCCOCc1nc2scc(-c3ccccc3Cl)c2c(=O)[nH]1. The topological polar surface area (TPSA) is 55.0 Å². The molecule has 0 atom stereocenters. The minimum absolute atomic E-state index is 0.156. The Hall–Kier alpha value is -1.69. The first-order valence-corrected chi connectivity index (χ1v) is 8.29. The second kappa shape index (κ2) is 6.60. The third-order valence-electron chi connectivity index (χ3n) is 3.24. The predicted molar refractivity (Wildman–Crippen MR) is 90.6 cm³/mol. The molecule has 0 saturated heterocycles. The van der Waals surface area contributed by atoms with Crippen molar-refractivity contribution in [3.05, 3.63) is 50.8 Å². The van der Waals surface area contributed by atoms with Gasteiger partial charge in [0.05, 0.1) is 5.39 Å². The second-order valence-electron chi connectivity index (χ2n) is 4.87. The number of H-pyrrole nitrogens is 1. The van der Waals surface area contributed by atoms with Crippen molar-refractivity contribution >= 4 is 33.2 Å². The first-order chi connectivity index (χ1) is 10.7. The zero-order valence-electron chi connectivity index (χ0n) is 12.1. The fraction of sp³-hybridized carbons (Fsp3) is 0.250. The van der Waals surface area contributed by atoms with E-state index in [9.17, 15) is 4.79 Å². The Morgan fingerprint density at radius 2 is 2.14 bits per heavy atom. The van der Waals surface area contributed by atoms with Crippen molar-refractivity contribution in [2.45, 2.75) is 20.0 Å². The predicted octanol–water partition coefficient (Wildman–Crippen LogP) is 4.23. The van der Waals surface area contributed by atoms with Crippen LogP contribution in [0.4, 0.5) is 0 Å². The summed E-state index contributed by atoms with van der Waals surface area (Å²) in [4.78, 5) is 20.4. The summed E-state index contributed by atoms with van der Waals surface area (Å²) < 4.78 is 5.43. The molecule has 2 heterocycles. The molecule has 3 aromatic rings. The Bertz CT molecular complexity index is 857. The van der Waals surface area contributed by atoms with Gasteiger partial charge in [-0.1, -0.05) is 36.7 Å². The van der Waals surface area contributed by atoms with E-state index in [-0.39, 0.29) is 5.56 Å². The highest BCUT2D eigenvalue weighted by atomic mass is 35.5. The molecule has 1 N–H and O–H groups in total. The number of rotatable bonds is 5. The van der Waals surface area contributed by atoms with Crippen LogP contribution in [-0.2, 0) is 11.3 Å². The van der Waals surface area contributed by atoms with Crippen LogP contribution in [0.25, 0.3) is 21.3 Å². The molecule has 0 saturated carbocycles. The minimum Gasteiger partial charge on any atom is -0.374 e. The van der Waals surface area contributed by atoms with E-state index in [4.69, 9.17) is 16.3 Å². The first kappa shape index (κ1) is 15.2. The van der Waals surface area contributed by atoms with Gasteiger partial charge in [0.1, 0.15) is 17.3 Å². The molecule has 0 radical (unpaired) electrons. The second-order valence-corrected chi connectivity index (χ2v) is 6.14. The summed E-state index contributed by atoms with van der Waals surface area (Å²) >= 11 is 7.68. The number of nitrogens with one attached hydrogen (secondary N) is 1. The van der Waals surface area contributed by atoms with E-state index < -0.39 is 0 Å². The number of thiophene rings is 1. The molecule has 0 spiro atoms. The molecule has 0 amide bonds. The number of aromatic amines is 1. The molecule has 0 fully saturated rings. The van der Waals surface area contributed by atoms with E-state index in [2.05, 4.69) is 9.97 Å². The molecule has 0 unspecified atom stereocenters. The zero-order chi connectivity index (χ0) is 15.5. The number of halogens is 1. The van der Waals surface area contributed by atoms with Crippen LogP contribution in [0.1, 0.15) is 19.2 Å². The van der Waals surface area contributed by atoms with Crippen molar-refractivity contribution in [1.29, 1.82) is 0 Å². The van der Waals surface area contributed by atoms with E-state index in [0.717, 1.165) is 17.5 Å². The van der Waals surface area contributed by atoms with E-state index >= 15 is 0 Å². The molecule has 0 aliphatic heterocycles. The lowest BCUT2D eigenvalue weighted by Gasteiger charge is -2.04. The Labute approximate surface area is 136 Å². The molecular weight excluding hydrogens is 320 g/mol. The molecule has 0 aliphatic carbocycles. The summed E-state index contributed by atoms with van der Waals surface area (Å²) in [5.41, 5.74) is 1.51. The summed E-state index contributed by atoms with van der Waals surface area (Å²) in [6.07, 6.45) is 0.933. The highest BCUT2D eigenvalue weighted by Gasteiger charge is 2.14. The van der Waals surface area contributed by atoms with Crippen LogP contribution in [0, 0.1) is 0 Å². The van der Waals surface area contributed by atoms with Gasteiger partial charge in [-0.3, -0.25) is 4.79 Å². The first-order valence-electron chi connectivity index (χ1n) is 7.03. The number of aromatic nitrogens is 2. The maximum absolute atomic E-state index is 12.4. The highest BCUT2D eigenvalue weighted by molar-refractivity contribution is 7.17. The number of hydrogen-bond acceptors (Lipinski definition) is 4. The van der Waals surface area contributed by atoms with E-state index in [1.54, 1.807) is 0 Å². The standard InChI is InChI=1S/C16H15ClN2O2S/c1-2-7-21-8-13-18-15(20)14-11(9-22-16(14)19-13)10-5-3-4-6-12(10)17/h3-6,9H,2,7-8H2,1H3,(H,18,19,20). The van der Waals surface area contributed by atoms with Gasteiger partial charge in [-0.25, -0.2) is 4.98 Å². The Morgan fingerprint density at radius 1 is 1.32 bits per heavy atom. The third kappa shape index (κ3) is 2.92. The summed E-state index contributed by atoms with van der Waals surface area (Å²) in [7, 11) is 0. The monoisotopic (exact) mass is 334 g/mol. The zero-order valence-corrected chi connectivity index (χ0v) is 13.6. The normalized spacial score (nSPS) is 11.2. The van der Waals surface area contributed by atoms with Crippen molar-refractivity contribution in [1.82, 2.24) is 9.97 Å². The number of hydrogen-bond donors (Lipinski definition) is 1. The van der Waals surface area contributed by atoms with E-state index in [1.165, 1.54) is 11.3 Å². The Morgan fingerprint density at radius 3 is 2.91 bits per heavy atom. The van der Waals surface area contributed by atoms with Gasteiger partial charge >= 0.3 is 0 Å². The third-order valence-corrected chi connectivity index (χ3v) is 4.45. The van der Waals surface area contributed by atoms with Crippen LogP contribution in [0.3, 0.4) is 0 Å². The lowest BCUT2D eigenvalue weighted by molar-refractivity contribution is 0.116. The van der Waals surface area contributed by atoms with Crippen LogP contribution in [0.5, 0.6) is 0 Å². The van der Waals surface area contributed by atoms with Gasteiger partial charge in [-0.2, -0.15) is 0 Å². The molecule has 4 nitrogen and oxygen atoms in total. The Kier molecular flexibility index (Phi) is 4.57. The van der Waals surface area contributed by atoms with Gasteiger partial charge in [0, 0.05) is 28.1 Å². The minimum atomic E-state index is -0.156. The average Bonchev–Trinajstić information content (AvgIpc) is 2.92. The molecule has 114 valence electrons. The fourth-order valence-corrected chi connectivity index (χ4v) is 3.45. The molecule has 0 bridgehead atoms. The van der Waals surface area contributed by atoms with Crippen molar-refractivity contribution in [3.63, 3.8) is 0 Å². The van der Waals surface area contributed by atoms with Gasteiger partial charge in [0.25, 0.3) is 5.56 Å². The molecule has 22 heavy (non-hydrogen) atoms. The maximum Gasteiger partial charge on any atom is 0.260 e. The quantitative estimate of drug-likeness (QED) is 0.710. The Balaban J connectivity index is 2.05. The van der Waals surface area contributed by atoms with Gasteiger partial charge in [0.2, 0.25) is 0 Å². The number of ether oxygens (including phenoxy) is 1. The van der Waals surface area contributed by atoms with Crippen molar-refractivity contribution in [2.24, 2.45) is 0 Å². The molecule has 0 aliphatic rings. The lowest BCUT2D eigenvalue weighted by Crippen LogP contribution is -2.12. The smallest absolute Gasteiger partial charge is 0.260 e. The fourth-order valence-electron chi connectivity index (χ4n) is 2.25. The number of benzene rings is 1. The summed E-state index contributed by atoms with van der Waals surface area (Å²) in [6.45, 7) is 3.00. The largest absolute Gasteiger partial charge is 0.374 e. The van der Waals surface area contributed by atoms with Crippen LogP contribution >= 0.6 is 22.9 Å². The van der Waals surface area contributed by atoms with Gasteiger partial charge < -0.3 is 9.72 Å². The molecule has 2 aromatic heterocycles. The maximum atomic E-state index is 12.4. The molecule has 6 heteroatoms. The molecule has 1 aromatic carbocycles. The summed E-state index contributed by atoms with van der Waals surface area (Å²) in [5, 5.41) is 3.12. The van der Waals surface area contributed by atoms with Gasteiger partial charge in [-0.05, 0) is 12.5 Å². The van der Waals surface area contributed by atoms with Crippen LogP contribution in [0.2, 0.25) is 5.02 Å². The number of fused-ring (bicyclic) bond motifs is 1.